The van der Waals surface area contributed by atoms with E-state index in [-0.39, 0.29) is 5.75 Å². The van der Waals surface area contributed by atoms with E-state index in [1.54, 1.807) is 31.5 Å². The third kappa shape index (κ3) is 1.75. The Morgan fingerprint density at radius 2 is 2.25 bits per heavy atom. The molecule has 1 aromatic rings. The van der Waals surface area contributed by atoms with Gasteiger partial charge < -0.3 is 9.84 Å². The molecule has 3 heteroatoms. The van der Waals surface area contributed by atoms with Crippen LogP contribution in [-0.4, -0.2) is 25.5 Å². The number of aliphatic imine (C=N–C) groups is 1. The van der Waals surface area contributed by atoms with Crippen LogP contribution in [0.5, 0.6) is 11.5 Å². The zero-order chi connectivity index (χ0) is 8.97. The highest BCUT2D eigenvalue weighted by molar-refractivity contribution is 5.80. The first-order chi connectivity index (χ1) is 5.77. The van der Waals surface area contributed by atoms with Gasteiger partial charge in [0, 0.05) is 13.3 Å². The van der Waals surface area contributed by atoms with Gasteiger partial charge in [-0.15, -0.1) is 0 Å². The van der Waals surface area contributed by atoms with Crippen LogP contribution in [0.2, 0.25) is 0 Å². The summed E-state index contributed by atoms with van der Waals surface area (Å²) in [6.07, 6.45) is 1.70. The van der Waals surface area contributed by atoms with Crippen molar-refractivity contribution in [2.75, 3.05) is 14.2 Å². The molecule has 0 amide bonds. The number of ether oxygens (including phenoxy) is 1. The molecule has 0 aliphatic carbocycles. The fraction of sp³-hybridized carbons (Fsp3) is 0.222. The Hall–Kier alpha value is -1.51. The van der Waals surface area contributed by atoms with Crippen LogP contribution in [0.3, 0.4) is 0 Å². The van der Waals surface area contributed by atoms with Gasteiger partial charge in [0.25, 0.3) is 0 Å². The van der Waals surface area contributed by atoms with Crippen molar-refractivity contribution in [2.24, 2.45) is 4.99 Å². The van der Waals surface area contributed by atoms with Crippen LogP contribution >= 0.6 is 0 Å². The predicted molar refractivity (Wildman–Crippen MR) is 48.2 cm³/mol. The molecule has 0 aliphatic heterocycles. The van der Waals surface area contributed by atoms with E-state index in [9.17, 15) is 5.11 Å². The molecule has 3 nitrogen and oxygen atoms in total. The van der Waals surface area contributed by atoms with Crippen molar-refractivity contribution >= 4 is 6.21 Å². The standard InChI is InChI=1S/C9H11NO2/c1-10-6-7-3-4-8(11)9(5-7)12-2/h3-6,11H,1-2H3/b10-6+. The van der Waals surface area contributed by atoms with Crippen LogP contribution in [0, 0.1) is 0 Å². The molecule has 0 aliphatic rings. The van der Waals surface area contributed by atoms with Crippen molar-refractivity contribution in [3.05, 3.63) is 23.8 Å². The molecular weight excluding hydrogens is 154 g/mol. The first-order valence-electron chi connectivity index (χ1n) is 3.57. The number of hydrogen-bond acceptors (Lipinski definition) is 3. The molecule has 0 atom stereocenters. The first-order valence-corrected chi connectivity index (χ1v) is 3.57. The average molecular weight is 165 g/mol. The van der Waals surface area contributed by atoms with Gasteiger partial charge in [-0.1, -0.05) is 0 Å². The highest BCUT2D eigenvalue weighted by Gasteiger charge is 1.99. The zero-order valence-electron chi connectivity index (χ0n) is 7.11. The van der Waals surface area contributed by atoms with E-state index in [0.717, 1.165) is 5.56 Å². The number of benzene rings is 1. The molecule has 0 spiro atoms. The number of methoxy groups -OCH3 is 1. The molecule has 0 saturated carbocycles. The SMILES string of the molecule is C/N=C/c1ccc(O)c(OC)c1. The van der Waals surface area contributed by atoms with Crippen LogP contribution in [-0.2, 0) is 0 Å². The molecule has 0 radical (unpaired) electrons. The Morgan fingerprint density at radius 1 is 1.50 bits per heavy atom. The first kappa shape index (κ1) is 8.59. The molecule has 1 N–H and O–H groups in total. The van der Waals surface area contributed by atoms with Gasteiger partial charge in [0.15, 0.2) is 11.5 Å². The smallest absolute Gasteiger partial charge is 0.161 e. The van der Waals surface area contributed by atoms with Crippen molar-refractivity contribution in [1.29, 1.82) is 0 Å². The Bertz CT molecular complexity index is 295. The maximum absolute atomic E-state index is 9.23. The number of nitrogens with zero attached hydrogens (tertiary/aromatic N) is 1. The summed E-state index contributed by atoms with van der Waals surface area (Å²) in [5.74, 6) is 0.609. The number of aromatic hydroxyl groups is 1. The van der Waals surface area contributed by atoms with Gasteiger partial charge in [-0.2, -0.15) is 0 Å². The van der Waals surface area contributed by atoms with Gasteiger partial charge in [-0.3, -0.25) is 4.99 Å². The van der Waals surface area contributed by atoms with Crippen LogP contribution in [0.4, 0.5) is 0 Å². The summed E-state index contributed by atoms with van der Waals surface area (Å²) in [5.41, 5.74) is 0.909. The van der Waals surface area contributed by atoms with Gasteiger partial charge in [-0.05, 0) is 23.8 Å². The van der Waals surface area contributed by atoms with Gasteiger partial charge in [0.1, 0.15) is 0 Å². The molecule has 0 aromatic heterocycles. The lowest BCUT2D eigenvalue weighted by Crippen LogP contribution is -1.86. The maximum atomic E-state index is 9.23. The Labute approximate surface area is 71.3 Å². The predicted octanol–water partition coefficient (Wildman–Crippen LogP) is 1.45. The Balaban J connectivity index is 3.05. The second-order valence-corrected chi connectivity index (χ2v) is 2.32. The van der Waals surface area contributed by atoms with E-state index < -0.39 is 0 Å². The minimum Gasteiger partial charge on any atom is -0.504 e. The summed E-state index contributed by atoms with van der Waals surface area (Å²) in [7, 11) is 3.21. The van der Waals surface area contributed by atoms with Crippen LogP contribution in [0.25, 0.3) is 0 Å². The molecule has 0 heterocycles. The molecule has 1 rings (SSSR count). The van der Waals surface area contributed by atoms with E-state index in [0.29, 0.717) is 5.75 Å². The molecule has 0 unspecified atom stereocenters. The van der Waals surface area contributed by atoms with Gasteiger partial charge >= 0.3 is 0 Å². The fourth-order valence-electron chi connectivity index (χ4n) is 0.924. The minimum absolute atomic E-state index is 0.144. The monoisotopic (exact) mass is 165 g/mol. The summed E-state index contributed by atoms with van der Waals surface area (Å²) in [4.78, 5) is 3.85. The fourth-order valence-corrected chi connectivity index (χ4v) is 0.924. The highest BCUT2D eigenvalue weighted by atomic mass is 16.5. The average Bonchev–Trinajstić information content (AvgIpc) is 2.09. The van der Waals surface area contributed by atoms with Crippen molar-refractivity contribution in [3.8, 4) is 11.5 Å². The summed E-state index contributed by atoms with van der Waals surface area (Å²) in [6, 6.07) is 5.07. The normalized spacial score (nSPS) is 10.5. The van der Waals surface area contributed by atoms with Crippen molar-refractivity contribution < 1.29 is 9.84 Å². The van der Waals surface area contributed by atoms with Gasteiger partial charge in [0.2, 0.25) is 0 Å². The lowest BCUT2D eigenvalue weighted by Gasteiger charge is -2.02. The zero-order valence-corrected chi connectivity index (χ0v) is 7.11. The van der Waals surface area contributed by atoms with Crippen LogP contribution < -0.4 is 4.74 Å². The maximum Gasteiger partial charge on any atom is 0.161 e. The van der Waals surface area contributed by atoms with Gasteiger partial charge in [0.05, 0.1) is 7.11 Å². The van der Waals surface area contributed by atoms with Crippen LogP contribution in [0.15, 0.2) is 23.2 Å². The summed E-state index contributed by atoms with van der Waals surface area (Å²) in [5, 5.41) is 9.23. The highest BCUT2D eigenvalue weighted by Crippen LogP contribution is 2.25. The number of hydrogen-bond donors (Lipinski definition) is 1. The Morgan fingerprint density at radius 3 is 2.83 bits per heavy atom. The number of phenols is 1. The Kier molecular flexibility index (Phi) is 2.69. The van der Waals surface area contributed by atoms with E-state index in [4.69, 9.17) is 4.74 Å². The molecule has 64 valence electrons. The minimum atomic E-state index is 0.144. The van der Waals surface area contributed by atoms with E-state index >= 15 is 0 Å². The molecule has 0 saturated heterocycles. The lowest BCUT2D eigenvalue weighted by atomic mass is 10.2. The van der Waals surface area contributed by atoms with Gasteiger partial charge in [-0.25, -0.2) is 0 Å². The molecule has 0 fully saturated rings. The topological polar surface area (TPSA) is 41.8 Å². The van der Waals surface area contributed by atoms with Crippen molar-refractivity contribution in [1.82, 2.24) is 0 Å². The molecule has 0 bridgehead atoms. The second-order valence-electron chi connectivity index (χ2n) is 2.32. The molecule has 1 aromatic carbocycles. The van der Waals surface area contributed by atoms with E-state index in [2.05, 4.69) is 4.99 Å². The van der Waals surface area contributed by atoms with Crippen molar-refractivity contribution in [3.63, 3.8) is 0 Å². The number of rotatable bonds is 2. The number of phenolic OH excluding ortho intramolecular Hbond substituents is 1. The molecule has 12 heavy (non-hydrogen) atoms. The molecular formula is C9H11NO2. The second kappa shape index (κ2) is 3.76. The quantitative estimate of drug-likeness (QED) is 0.674. The van der Waals surface area contributed by atoms with E-state index in [1.807, 2.05) is 0 Å². The largest absolute Gasteiger partial charge is 0.504 e. The summed E-state index contributed by atoms with van der Waals surface area (Å²) >= 11 is 0. The lowest BCUT2D eigenvalue weighted by molar-refractivity contribution is 0.373. The summed E-state index contributed by atoms with van der Waals surface area (Å²) in [6.45, 7) is 0. The third-order valence-electron chi connectivity index (χ3n) is 1.48. The summed E-state index contributed by atoms with van der Waals surface area (Å²) < 4.78 is 4.92. The van der Waals surface area contributed by atoms with E-state index in [1.165, 1.54) is 7.11 Å². The van der Waals surface area contributed by atoms with Crippen LogP contribution in [0.1, 0.15) is 5.56 Å². The van der Waals surface area contributed by atoms with Crippen molar-refractivity contribution in [2.45, 2.75) is 0 Å². The third-order valence-corrected chi connectivity index (χ3v) is 1.48.